The summed E-state index contributed by atoms with van der Waals surface area (Å²) in [7, 11) is -3.03. The molecule has 0 spiro atoms. The van der Waals surface area contributed by atoms with E-state index in [1.54, 1.807) is 0 Å². The third-order valence-corrected chi connectivity index (χ3v) is 3.91. The van der Waals surface area contributed by atoms with E-state index >= 15 is 0 Å². The molecular weight excluding hydrogens is 224 g/mol. The van der Waals surface area contributed by atoms with Gasteiger partial charge in [-0.1, -0.05) is 19.8 Å². The number of hydrogen-bond acceptors (Lipinski definition) is 3. The van der Waals surface area contributed by atoms with Crippen LogP contribution < -0.4 is 10.0 Å². The van der Waals surface area contributed by atoms with E-state index in [4.69, 9.17) is 0 Å². The van der Waals surface area contributed by atoms with Gasteiger partial charge in [0.2, 0.25) is 10.0 Å². The highest BCUT2D eigenvalue weighted by Gasteiger charge is 2.15. The van der Waals surface area contributed by atoms with Crippen molar-refractivity contribution in [3.05, 3.63) is 0 Å². The van der Waals surface area contributed by atoms with Gasteiger partial charge in [0.25, 0.3) is 0 Å². The van der Waals surface area contributed by atoms with Crippen molar-refractivity contribution in [1.82, 2.24) is 10.0 Å². The second-order valence-electron chi connectivity index (χ2n) is 4.93. The van der Waals surface area contributed by atoms with Crippen LogP contribution in [-0.4, -0.2) is 33.8 Å². The van der Waals surface area contributed by atoms with Gasteiger partial charge in [0.15, 0.2) is 0 Å². The maximum atomic E-state index is 10.8. The van der Waals surface area contributed by atoms with E-state index in [0.29, 0.717) is 12.6 Å². The molecule has 2 atom stereocenters. The highest BCUT2D eigenvalue weighted by atomic mass is 32.2. The Morgan fingerprint density at radius 3 is 2.56 bits per heavy atom. The molecule has 16 heavy (non-hydrogen) atoms. The predicted molar refractivity (Wildman–Crippen MR) is 66.9 cm³/mol. The molecule has 0 radical (unpaired) electrons. The van der Waals surface area contributed by atoms with E-state index in [2.05, 4.69) is 17.0 Å². The molecule has 4 nitrogen and oxygen atoms in total. The maximum Gasteiger partial charge on any atom is 0.208 e. The molecule has 0 aromatic rings. The van der Waals surface area contributed by atoms with Crippen molar-refractivity contribution < 1.29 is 8.42 Å². The number of hydrogen-bond donors (Lipinski definition) is 2. The summed E-state index contributed by atoms with van der Waals surface area (Å²) in [6.45, 7) is 3.53. The van der Waals surface area contributed by atoms with Gasteiger partial charge in [-0.15, -0.1) is 0 Å². The first-order chi connectivity index (χ1) is 7.47. The van der Waals surface area contributed by atoms with Crippen LogP contribution in [0.4, 0.5) is 0 Å². The Labute approximate surface area is 99.2 Å². The average Bonchev–Trinajstić information content (AvgIpc) is 2.37. The summed E-state index contributed by atoms with van der Waals surface area (Å²) in [4.78, 5) is 0. The van der Waals surface area contributed by atoms with Crippen LogP contribution in [0.2, 0.25) is 0 Å². The molecule has 0 saturated heterocycles. The first kappa shape index (κ1) is 13.9. The Morgan fingerprint density at radius 1 is 1.12 bits per heavy atom. The van der Waals surface area contributed by atoms with Gasteiger partial charge in [-0.25, -0.2) is 13.1 Å². The van der Waals surface area contributed by atoms with Crippen molar-refractivity contribution in [2.45, 2.75) is 45.1 Å². The summed E-state index contributed by atoms with van der Waals surface area (Å²) in [5.74, 6) is 0.848. The molecule has 5 heteroatoms. The lowest BCUT2D eigenvalue weighted by atomic mass is 10.0. The second kappa shape index (κ2) is 6.57. The van der Waals surface area contributed by atoms with Crippen LogP contribution in [0.3, 0.4) is 0 Å². The molecule has 0 amide bonds. The largest absolute Gasteiger partial charge is 0.313 e. The Kier molecular flexibility index (Phi) is 5.72. The molecule has 0 aromatic carbocycles. The zero-order valence-corrected chi connectivity index (χ0v) is 11.1. The molecular formula is C11H24N2O2S. The summed E-state index contributed by atoms with van der Waals surface area (Å²) < 4.78 is 24.2. The maximum absolute atomic E-state index is 10.8. The molecule has 2 N–H and O–H groups in total. The molecule has 1 fully saturated rings. The van der Waals surface area contributed by atoms with Crippen molar-refractivity contribution in [2.24, 2.45) is 5.92 Å². The van der Waals surface area contributed by atoms with Gasteiger partial charge in [-0.05, 0) is 25.2 Å². The van der Waals surface area contributed by atoms with Crippen LogP contribution >= 0.6 is 0 Å². The lowest BCUT2D eigenvalue weighted by Gasteiger charge is -2.16. The zero-order chi connectivity index (χ0) is 12.0. The van der Waals surface area contributed by atoms with E-state index in [1.165, 1.54) is 38.4 Å². The molecule has 2 unspecified atom stereocenters. The van der Waals surface area contributed by atoms with Gasteiger partial charge in [0.1, 0.15) is 0 Å². The number of sulfonamides is 1. The van der Waals surface area contributed by atoms with E-state index in [9.17, 15) is 8.42 Å². The zero-order valence-electron chi connectivity index (χ0n) is 10.3. The fourth-order valence-corrected chi connectivity index (χ4v) is 2.68. The van der Waals surface area contributed by atoms with Crippen molar-refractivity contribution in [3.8, 4) is 0 Å². The summed E-state index contributed by atoms with van der Waals surface area (Å²) in [6.07, 6.45) is 7.55. The predicted octanol–water partition coefficient (Wildman–Crippen LogP) is 1.09. The van der Waals surface area contributed by atoms with Crippen LogP contribution in [0.15, 0.2) is 0 Å². The van der Waals surface area contributed by atoms with E-state index in [1.807, 2.05) is 0 Å². The van der Waals surface area contributed by atoms with Crippen LogP contribution in [0.25, 0.3) is 0 Å². The van der Waals surface area contributed by atoms with Crippen molar-refractivity contribution >= 4 is 10.0 Å². The highest BCUT2D eigenvalue weighted by Crippen LogP contribution is 2.22. The van der Waals surface area contributed by atoms with Gasteiger partial charge >= 0.3 is 0 Å². The van der Waals surface area contributed by atoms with Gasteiger partial charge in [-0.2, -0.15) is 0 Å². The lowest BCUT2D eigenvalue weighted by molar-refractivity contribution is 0.449. The van der Waals surface area contributed by atoms with Crippen molar-refractivity contribution in [3.63, 3.8) is 0 Å². The third kappa shape index (κ3) is 6.45. The monoisotopic (exact) mass is 248 g/mol. The Balaban J connectivity index is 2.13. The van der Waals surface area contributed by atoms with Crippen LogP contribution in [0, 0.1) is 5.92 Å². The molecule has 1 aliphatic rings. The van der Waals surface area contributed by atoms with Crippen molar-refractivity contribution in [1.29, 1.82) is 0 Å². The van der Waals surface area contributed by atoms with Gasteiger partial charge in [0, 0.05) is 19.1 Å². The Morgan fingerprint density at radius 2 is 1.88 bits per heavy atom. The molecule has 0 bridgehead atoms. The van der Waals surface area contributed by atoms with Crippen molar-refractivity contribution in [2.75, 3.05) is 19.3 Å². The quantitative estimate of drug-likeness (QED) is 0.566. The van der Waals surface area contributed by atoms with Gasteiger partial charge in [-0.3, -0.25) is 0 Å². The molecule has 1 saturated carbocycles. The summed E-state index contributed by atoms with van der Waals surface area (Å²) in [6, 6.07) is 0.575. The highest BCUT2D eigenvalue weighted by molar-refractivity contribution is 7.88. The normalized spacial score (nSPS) is 27.6. The van der Waals surface area contributed by atoms with Gasteiger partial charge < -0.3 is 5.32 Å². The lowest BCUT2D eigenvalue weighted by Crippen LogP contribution is -2.36. The first-order valence-corrected chi connectivity index (χ1v) is 8.04. The molecule has 0 heterocycles. The summed E-state index contributed by atoms with van der Waals surface area (Å²) in [5, 5.41) is 3.43. The molecule has 0 aliphatic heterocycles. The standard InChI is InChI=1S/C11H24N2O2S/c1-10-4-3-5-11(7-6-10)12-8-9-13-16(2,14)15/h10-13H,3-9H2,1-2H3. The molecule has 1 aliphatic carbocycles. The van der Waals surface area contributed by atoms with E-state index in [-0.39, 0.29) is 0 Å². The summed E-state index contributed by atoms with van der Waals surface area (Å²) >= 11 is 0. The van der Waals surface area contributed by atoms with Crippen LogP contribution in [0.1, 0.15) is 39.0 Å². The fourth-order valence-electron chi connectivity index (χ4n) is 2.20. The third-order valence-electron chi connectivity index (χ3n) is 3.18. The average molecular weight is 248 g/mol. The summed E-state index contributed by atoms with van der Waals surface area (Å²) in [5.41, 5.74) is 0. The van der Waals surface area contributed by atoms with E-state index in [0.717, 1.165) is 12.5 Å². The fraction of sp³-hybridized carbons (Fsp3) is 1.00. The second-order valence-corrected chi connectivity index (χ2v) is 6.76. The van der Waals surface area contributed by atoms with E-state index < -0.39 is 10.0 Å². The SMILES string of the molecule is CC1CCCC(NCCNS(C)(=O)=O)CC1. The number of rotatable bonds is 5. The minimum absolute atomic E-state index is 0.491. The first-order valence-electron chi connectivity index (χ1n) is 6.15. The Bertz CT molecular complexity index is 290. The minimum Gasteiger partial charge on any atom is -0.313 e. The molecule has 96 valence electrons. The molecule has 1 rings (SSSR count). The molecule has 0 aromatic heterocycles. The number of nitrogens with one attached hydrogen (secondary N) is 2. The topological polar surface area (TPSA) is 58.2 Å². The van der Waals surface area contributed by atoms with Crippen LogP contribution in [0.5, 0.6) is 0 Å². The van der Waals surface area contributed by atoms with Crippen LogP contribution in [-0.2, 0) is 10.0 Å². The Hall–Kier alpha value is -0.130. The smallest absolute Gasteiger partial charge is 0.208 e. The minimum atomic E-state index is -3.03. The van der Waals surface area contributed by atoms with Gasteiger partial charge in [0.05, 0.1) is 6.26 Å².